The van der Waals surface area contributed by atoms with Gasteiger partial charge >= 0.3 is 0 Å². The number of rotatable bonds is 8. The normalized spacial score (nSPS) is 12.1. The lowest BCUT2D eigenvalue weighted by Gasteiger charge is -2.31. The van der Waals surface area contributed by atoms with E-state index in [9.17, 15) is 14.0 Å². The van der Waals surface area contributed by atoms with E-state index in [-0.39, 0.29) is 23.5 Å². The Labute approximate surface area is 214 Å². The Balaban J connectivity index is 1.69. The topological polar surface area (TPSA) is 101 Å². The molecule has 9 heteroatoms. The van der Waals surface area contributed by atoms with Gasteiger partial charge in [-0.05, 0) is 47.2 Å². The van der Waals surface area contributed by atoms with Crippen LogP contribution in [0, 0.1) is 5.82 Å². The molecule has 2 aromatic carbocycles. The number of amides is 2. The summed E-state index contributed by atoms with van der Waals surface area (Å²) in [6.07, 6.45) is 7.16. The molecule has 8 nitrogen and oxygen atoms in total. The van der Waals surface area contributed by atoms with Crippen LogP contribution in [0.15, 0.2) is 84.3 Å². The molecular formula is C28H28FN5O3. The number of oxazole rings is 1. The molecule has 37 heavy (non-hydrogen) atoms. The van der Waals surface area contributed by atoms with Gasteiger partial charge < -0.3 is 9.73 Å². The summed E-state index contributed by atoms with van der Waals surface area (Å²) in [7, 11) is 0. The van der Waals surface area contributed by atoms with Gasteiger partial charge in [-0.25, -0.2) is 19.3 Å². The maximum Gasteiger partial charge on any atom is 0.281 e. The standard InChI is InChI=1S/C28H28FN5O3/c1-28(2,3)21-7-9-23(10-8-21)34(27(36)24-16-37-18-33-24)25(20-14-30-17-31-15-20)26(35)32-12-11-19-5-4-6-22(29)13-19/h4-10,13-18,25H,11-12H2,1-3H3,(H,32,35). The van der Waals surface area contributed by atoms with E-state index in [1.165, 1.54) is 42.0 Å². The molecule has 190 valence electrons. The second-order valence-electron chi connectivity index (χ2n) is 9.59. The summed E-state index contributed by atoms with van der Waals surface area (Å²) in [5.74, 6) is -1.31. The van der Waals surface area contributed by atoms with E-state index in [0.29, 0.717) is 17.7 Å². The lowest BCUT2D eigenvalue weighted by Crippen LogP contribution is -2.44. The first-order valence-corrected chi connectivity index (χ1v) is 11.8. The zero-order valence-electron chi connectivity index (χ0n) is 20.9. The number of halogens is 1. The number of hydrogen-bond acceptors (Lipinski definition) is 6. The third-order valence-electron chi connectivity index (χ3n) is 5.89. The van der Waals surface area contributed by atoms with Crippen LogP contribution in [-0.2, 0) is 16.6 Å². The summed E-state index contributed by atoms with van der Waals surface area (Å²) in [6, 6.07) is 12.6. The van der Waals surface area contributed by atoms with Crippen LogP contribution in [0.4, 0.5) is 10.1 Å². The summed E-state index contributed by atoms with van der Waals surface area (Å²) in [5, 5.41) is 2.88. The van der Waals surface area contributed by atoms with Crippen molar-refractivity contribution in [3.8, 4) is 0 Å². The molecule has 0 aliphatic rings. The van der Waals surface area contributed by atoms with Crippen LogP contribution >= 0.6 is 0 Å². The van der Waals surface area contributed by atoms with Gasteiger partial charge in [-0.2, -0.15) is 0 Å². The second kappa shape index (κ2) is 11.1. The first-order chi connectivity index (χ1) is 17.7. The first-order valence-electron chi connectivity index (χ1n) is 11.8. The van der Waals surface area contributed by atoms with Crippen molar-refractivity contribution in [2.75, 3.05) is 11.4 Å². The van der Waals surface area contributed by atoms with Crippen LogP contribution in [0.2, 0.25) is 0 Å². The summed E-state index contributed by atoms with van der Waals surface area (Å²) >= 11 is 0. The molecule has 0 aliphatic carbocycles. The van der Waals surface area contributed by atoms with E-state index in [1.54, 1.807) is 24.3 Å². The predicted octanol–water partition coefficient (Wildman–Crippen LogP) is 4.65. The minimum absolute atomic E-state index is 0.0503. The number of nitrogens with zero attached hydrogens (tertiary/aromatic N) is 4. The van der Waals surface area contributed by atoms with Crippen molar-refractivity contribution in [1.29, 1.82) is 0 Å². The fraction of sp³-hybridized carbons (Fsp3) is 0.250. The highest BCUT2D eigenvalue weighted by Gasteiger charge is 2.35. The number of benzene rings is 2. The molecule has 0 aliphatic heterocycles. The number of anilines is 1. The maximum absolute atomic E-state index is 13.7. The molecule has 4 rings (SSSR count). The second-order valence-corrected chi connectivity index (χ2v) is 9.59. The lowest BCUT2D eigenvalue weighted by atomic mass is 9.87. The summed E-state index contributed by atoms with van der Waals surface area (Å²) in [6.45, 7) is 6.52. The molecular weight excluding hydrogens is 473 g/mol. The van der Waals surface area contributed by atoms with Crippen LogP contribution in [0.25, 0.3) is 0 Å². The Morgan fingerprint density at radius 1 is 1.08 bits per heavy atom. The molecule has 0 saturated carbocycles. The molecule has 0 bridgehead atoms. The van der Waals surface area contributed by atoms with Crippen LogP contribution < -0.4 is 10.2 Å². The van der Waals surface area contributed by atoms with Gasteiger partial charge in [-0.15, -0.1) is 0 Å². The highest BCUT2D eigenvalue weighted by atomic mass is 19.1. The SMILES string of the molecule is CC(C)(C)c1ccc(N(C(=O)c2cocn2)C(C(=O)NCCc2cccc(F)c2)c2cncnc2)cc1. The molecule has 2 amide bonds. The maximum atomic E-state index is 13.7. The Morgan fingerprint density at radius 3 is 2.43 bits per heavy atom. The highest BCUT2D eigenvalue weighted by molar-refractivity contribution is 6.08. The lowest BCUT2D eigenvalue weighted by molar-refractivity contribution is -0.122. The van der Waals surface area contributed by atoms with Crippen LogP contribution in [-0.4, -0.2) is 33.3 Å². The van der Waals surface area contributed by atoms with Gasteiger partial charge in [0.2, 0.25) is 5.91 Å². The monoisotopic (exact) mass is 501 g/mol. The summed E-state index contributed by atoms with van der Waals surface area (Å²) in [4.78, 5) is 40.8. The number of carbonyl (C=O) groups is 2. The Bertz CT molecular complexity index is 1340. The van der Waals surface area contributed by atoms with E-state index < -0.39 is 17.9 Å². The fourth-order valence-electron chi connectivity index (χ4n) is 3.94. The van der Waals surface area contributed by atoms with E-state index in [1.807, 2.05) is 12.1 Å². The molecule has 2 aromatic heterocycles. The Morgan fingerprint density at radius 2 is 1.81 bits per heavy atom. The minimum atomic E-state index is -1.10. The Hall–Kier alpha value is -4.40. The molecule has 1 unspecified atom stereocenters. The average molecular weight is 502 g/mol. The predicted molar refractivity (Wildman–Crippen MR) is 136 cm³/mol. The molecule has 1 N–H and O–H groups in total. The number of nitrogens with one attached hydrogen (secondary N) is 1. The van der Waals surface area contributed by atoms with Gasteiger partial charge in [0.1, 0.15) is 24.4 Å². The third kappa shape index (κ3) is 6.24. The minimum Gasteiger partial charge on any atom is -0.451 e. The summed E-state index contributed by atoms with van der Waals surface area (Å²) in [5.41, 5.74) is 2.69. The zero-order valence-corrected chi connectivity index (χ0v) is 20.9. The third-order valence-corrected chi connectivity index (χ3v) is 5.89. The largest absolute Gasteiger partial charge is 0.451 e. The van der Waals surface area contributed by atoms with Crippen molar-refractivity contribution in [1.82, 2.24) is 20.3 Å². The molecule has 0 saturated heterocycles. The molecule has 1 atom stereocenters. The van der Waals surface area contributed by atoms with E-state index in [2.05, 4.69) is 41.0 Å². The fourth-order valence-corrected chi connectivity index (χ4v) is 3.94. The van der Waals surface area contributed by atoms with Crippen LogP contribution in [0.5, 0.6) is 0 Å². The van der Waals surface area contributed by atoms with Crippen molar-refractivity contribution in [2.24, 2.45) is 0 Å². The molecule has 0 fully saturated rings. The van der Waals surface area contributed by atoms with Gasteiger partial charge in [0.15, 0.2) is 12.1 Å². The quantitative estimate of drug-likeness (QED) is 0.377. The van der Waals surface area contributed by atoms with Crippen molar-refractivity contribution in [3.63, 3.8) is 0 Å². The Kier molecular flexibility index (Phi) is 7.71. The van der Waals surface area contributed by atoms with E-state index in [0.717, 1.165) is 17.5 Å². The molecule has 2 heterocycles. The zero-order chi connectivity index (χ0) is 26.4. The molecule has 0 radical (unpaired) electrons. The smallest absolute Gasteiger partial charge is 0.281 e. The van der Waals surface area contributed by atoms with Crippen molar-refractivity contribution in [3.05, 3.63) is 108 Å². The molecule has 4 aromatic rings. The van der Waals surface area contributed by atoms with E-state index >= 15 is 0 Å². The molecule has 0 spiro atoms. The van der Waals surface area contributed by atoms with Gasteiger partial charge in [-0.3, -0.25) is 14.5 Å². The van der Waals surface area contributed by atoms with Crippen molar-refractivity contribution < 1.29 is 18.4 Å². The van der Waals surface area contributed by atoms with Gasteiger partial charge in [0.05, 0.1) is 0 Å². The highest BCUT2D eigenvalue weighted by Crippen LogP contribution is 2.31. The number of aromatic nitrogens is 3. The van der Waals surface area contributed by atoms with Gasteiger partial charge in [-0.1, -0.05) is 45.0 Å². The van der Waals surface area contributed by atoms with Gasteiger partial charge in [0.25, 0.3) is 5.91 Å². The van der Waals surface area contributed by atoms with Crippen molar-refractivity contribution in [2.45, 2.75) is 38.6 Å². The average Bonchev–Trinajstić information content (AvgIpc) is 3.42. The van der Waals surface area contributed by atoms with Crippen molar-refractivity contribution >= 4 is 17.5 Å². The number of hydrogen-bond donors (Lipinski definition) is 1. The summed E-state index contributed by atoms with van der Waals surface area (Å²) < 4.78 is 18.6. The van der Waals surface area contributed by atoms with Crippen LogP contribution in [0.3, 0.4) is 0 Å². The first kappa shape index (κ1) is 25.7. The van der Waals surface area contributed by atoms with E-state index in [4.69, 9.17) is 4.42 Å². The van der Waals surface area contributed by atoms with Gasteiger partial charge in [0, 0.05) is 30.2 Å². The van der Waals surface area contributed by atoms with Crippen LogP contribution in [0.1, 0.15) is 54.0 Å². The number of carbonyl (C=O) groups excluding carboxylic acids is 2.